The lowest BCUT2D eigenvalue weighted by Gasteiger charge is -2.15. The summed E-state index contributed by atoms with van der Waals surface area (Å²) in [7, 11) is 0. The maximum absolute atomic E-state index is 5.34. The molecule has 4 heteroatoms. The largest absolute Gasteiger partial charge is 0.358 e. The maximum atomic E-state index is 5.34. The van der Waals surface area contributed by atoms with Crippen LogP contribution in [0, 0.1) is 13.8 Å². The van der Waals surface area contributed by atoms with E-state index in [9.17, 15) is 0 Å². The van der Waals surface area contributed by atoms with Crippen LogP contribution in [0.4, 0.5) is 5.69 Å². The first kappa shape index (κ1) is 15.0. The quantitative estimate of drug-likeness (QED) is 0.795. The summed E-state index contributed by atoms with van der Waals surface area (Å²) < 4.78 is 1.03. The molecule has 0 heterocycles. The molecule has 0 radical (unpaired) electrons. The molecule has 0 unspecified atom stereocenters. The van der Waals surface area contributed by atoms with Crippen molar-refractivity contribution in [1.82, 2.24) is 5.32 Å². The van der Waals surface area contributed by atoms with Gasteiger partial charge in [-0.05, 0) is 64.8 Å². The van der Waals surface area contributed by atoms with E-state index in [-0.39, 0.29) is 0 Å². The molecule has 104 valence electrons. The van der Waals surface area contributed by atoms with Gasteiger partial charge in [0.05, 0.1) is 5.69 Å². The molecule has 2 aromatic carbocycles. The highest BCUT2D eigenvalue weighted by atomic mass is 79.9. The van der Waals surface area contributed by atoms with Crippen molar-refractivity contribution in [1.29, 1.82) is 0 Å². The Balaban J connectivity index is 1.98. The summed E-state index contributed by atoms with van der Waals surface area (Å²) in [6.07, 6.45) is 0. The Bertz CT molecular complexity index is 588. The summed E-state index contributed by atoms with van der Waals surface area (Å²) in [5.41, 5.74) is 4.61. The predicted octanol–water partition coefficient (Wildman–Crippen LogP) is 4.55. The van der Waals surface area contributed by atoms with Gasteiger partial charge in [0, 0.05) is 11.0 Å². The molecule has 0 aliphatic heterocycles. The summed E-state index contributed by atoms with van der Waals surface area (Å²) in [5.74, 6) is 0. The third kappa shape index (κ3) is 4.05. The van der Waals surface area contributed by atoms with Crippen LogP contribution in [0.25, 0.3) is 0 Å². The van der Waals surface area contributed by atoms with Crippen molar-refractivity contribution in [3.8, 4) is 0 Å². The Morgan fingerprint density at radius 1 is 1.15 bits per heavy atom. The molecule has 2 nitrogen and oxygen atoms in total. The Hall–Kier alpha value is -1.39. The van der Waals surface area contributed by atoms with Crippen LogP contribution in [0.3, 0.4) is 0 Å². The average Bonchev–Trinajstić information content (AvgIpc) is 2.42. The van der Waals surface area contributed by atoms with E-state index < -0.39 is 0 Å². The minimum Gasteiger partial charge on any atom is -0.358 e. The van der Waals surface area contributed by atoms with Crippen molar-refractivity contribution in [3.05, 3.63) is 63.6 Å². The van der Waals surface area contributed by atoms with Gasteiger partial charge in [0.1, 0.15) is 0 Å². The molecule has 0 amide bonds. The predicted molar refractivity (Wildman–Crippen MR) is 93.1 cm³/mol. The number of hydrogen-bond donors (Lipinski definition) is 2. The van der Waals surface area contributed by atoms with Crippen molar-refractivity contribution in [2.75, 3.05) is 5.32 Å². The van der Waals surface area contributed by atoms with Crippen LogP contribution in [-0.4, -0.2) is 5.11 Å². The van der Waals surface area contributed by atoms with Crippen LogP contribution in [-0.2, 0) is 6.54 Å². The molecule has 0 saturated heterocycles. The van der Waals surface area contributed by atoms with E-state index in [1.807, 2.05) is 18.2 Å². The zero-order valence-corrected chi connectivity index (χ0v) is 13.9. The minimum absolute atomic E-state index is 0.626. The number of halogens is 1. The average molecular weight is 349 g/mol. The molecule has 0 bridgehead atoms. The Kier molecular flexibility index (Phi) is 5.15. The highest BCUT2D eigenvalue weighted by molar-refractivity contribution is 9.10. The Morgan fingerprint density at radius 3 is 2.50 bits per heavy atom. The van der Waals surface area contributed by atoms with Gasteiger partial charge >= 0.3 is 0 Å². The highest BCUT2D eigenvalue weighted by Crippen LogP contribution is 2.27. The van der Waals surface area contributed by atoms with Crippen molar-refractivity contribution < 1.29 is 0 Å². The minimum atomic E-state index is 0.626. The molecule has 2 rings (SSSR count). The van der Waals surface area contributed by atoms with E-state index in [0.717, 1.165) is 16.7 Å². The summed E-state index contributed by atoms with van der Waals surface area (Å²) in [5, 5.41) is 7.09. The van der Waals surface area contributed by atoms with Gasteiger partial charge in [-0.2, -0.15) is 0 Å². The number of anilines is 1. The highest BCUT2D eigenvalue weighted by Gasteiger charge is 2.06. The molecule has 2 N–H and O–H groups in total. The molecule has 20 heavy (non-hydrogen) atoms. The normalized spacial score (nSPS) is 10.2. The maximum Gasteiger partial charge on any atom is 0.171 e. The third-order valence-corrected chi connectivity index (χ3v) is 3.84. The monoisotopic (exact) mass is 348 g/mol. The molecule has 0 aliphatic rings. The number of thiocarbonyl (C=S) groups is 1. The van der Waals surface area contributed by atoms with Gasteiger partial charge in [0.25, 0.3) is 0 Å². The zero-order valence-electron chi connectivity index (χ0n) is 11.5. The fourth-order valence-corrected chi connectivity index (χ4v) is 2.96. The Labute approximate surface area is 133 Å². The van der Waals surface area contributed by atoms with Gasteiger partial charge in [-0.25, -0.2) is 0 Å². The molecule has 0 spiro atoms. The first-order chi connectivity index (χ1) is 9.56. The number of benzene rings is 2. The summed E-state index contributed by atoms with van der Waals surface area (Å²) >= 11 is 8.92. The molecule has 0 aromatic heterocycles. The van der Waals surface area contributed by atoms with E-state index in [2.05, 4.69) is 64.7 Å². The van der Waals surface area contributed by atoms with Crippen LogP contribution >= 0.6 is 28.1 Å². The lowest BCUT2D eigenvalue weighted by molar-refractivity contribution is 0.925. The standard InChI is InChI=1S/C16H17BrN2S/c1-11-8-12(2)15(14(17)9-11)19-16(20)18-10-13-6-4-3-5-7-13/h3-9H,10H2,1-2H3,(H2,18,19,20). The zero-order chi connectivity index (χ0) is 14.5. The van der Waals surface area contributed by atoms with E-state index in [1.54, 1.807) is 0 Å². The molecule has 2 aromatic rings. The molecule has 0 fully saturated rings. The van der Waals surface area contributed by atoms with Crippen LogP contribution < -0.4 is 10.6 Å². The van der Waals surface area contributed by atoms with E-state index in [4.69, 9.17) is 12.2 Å². The van der Waals surface area contributed by atoms with Crippen molar-refractivity contribution >= 4 is 38.9 Å². The molecular formula is C16H17BrN2S. The van der Waals surface area contributed by atoms with Crippen molar-refractivity contribution in [3.63, 3.8) is 0 Å². The van der Waals surface area contributed by atoms with Crippen LogP contribution in [0.1, 0.15) is 16.7 Å². The van der Waals surface area contributed by atoms with E-state index in [0.29, 0.717) is 5.11 Å². The lowest BCUT2D eigenvalue weighted by atomic mass is 10.1. The Morgan fingerprint density at radius 2 is 1.85 bits per heavy atom. The third-order valence-electron chi connectivity index (χ3n) is 2.97. The smallest absolute Gasteiger partial charge is 0.171 e. The van der Waals surface area contributed by atoms with Crippen molar-refractivity contribution in [2.24, 2.45) is 0 Å². The summed E-state index contributed by atoms with van der Waals surface area (Å²) in [6, 6.07) is 14.4. The molecule has 0 aliphatic carbocycles. The number of rotatable bonds is 3. The summed E-state index contributed by atoms with van der Waals surface area (Å²) in [4.78, 5) is 0. The van der Waals surface area contributed by atoms with Crippen molar-refractivity contribution in [2.45, 2.75) is 20.4 Å². The molecular weight excluding hydrogens is 332 g/mol. The first-order valence-corrected chi connectivity index (χ1v) is 7.62. The molecule has 0 saturated carbocycles. The fraction of sp³-hybridized carbons (Fsp3) is 0.188. The van der Waals surface area contributed by atoms with Crippen LogP contribution in [0.2, 0.25) is 0 Å². The van der Waals surface area contributed by atoms with E-state index in [1.165, 1.54) is 16.7 Å². The van der Waals surface area contributed by atoms with Crippen LogP contribution in [0.5, 0.6) is 0 Å². The van der Waals surface area contributed by atoms with Gasteiger partial charge in [-0.15, -0.1) is 0 Å². The van der Waals surface area contributed by atoms with Gasteiger partial charge in [-0.1, -0.05) is 36.4 Å². The van der Waals surface area contributed by atoms with Gasteiger partial charge in [0.2, 0.25) is 0 Å². The van der Waals surface area contributed by atoms with Gasteiger partial charge in [-0.3, -0.25) is 0 Å². The van der Waals surface area contributed by atoms with E-state index >= 15 is 0 Å². The second kappa shape index (κ2) is 6.86. The fourth-order valence-electron chi connectivity index (χ4n) is 2.01. The van der Waals surface area contributed by atoms with Crippen LogP contribution in [0.15, 0.2) is 46.9 Å². The topological polar surface area (TPSA) is 24.1 Å². The first-order valence-electron chi connectivity index (χ1n) is 6.42. The number of hydrogen-bond acceptors (Lipinski definition) is 1. The summed E-state index contributed by atoms with van der Waals surface area (Å²) in [6.45, 7) is 4.86. The molecule has 0 atom stereocenters. The second-order valence-electron chi connectivity index (χ2n) is 4.73. The lowest BCUT2D eigenvalue weighted by Crippen LogP contribution is -2.28. The van der Waals surface area contributed by atoms with Gasteiger partial charge < -0.3 is 10.6 Å². The second-order valence-corrected chi connectivity index (χ2v) is 5.99. The number of nitrogens with one attached hydrogen (secondary N) is 2. The SMILES string of the molecule is Cc1cc(C)c(NC(=S)NCc2ccccc2)c(Br)c1. The number of aryl methyl sites for hydroxylation is 2. The van der Waals surface area contributed by atoms with Gasteiger partial charge in [0.15, 0.2) is 5.11 Å².